The summed E-state index contributed by atoms with van der Waals surface area (Å²) in [6, 6.07) is 28.6. The largest absolute Gasteiger partial charge is 0.457 e. The molecule has 0 saturated heterocycles. The van der Waals surface area contributed by atoms with Crippen LogP contribution in [0.25, 0.3) is 0 Å². The SMILES string of the molecule is CC(OC(=O)c1ccc(N2C(=O)c3ccccc3C2=O)cc1)C(=O)Nc1ccc(Oc2ccccc2)cc1. The van der Waals surface area contributed by atoms with Crippen LogP contribution >= 0.6 is 0 Å². The van der Waals surface area contributed by atoms with E-state index >= 15 is 0 Å². The van der Waals surface area contributed by atoms with Gasteiger partial charge in [0.2, 0.25) is 0 Å². The summed E-state index contributed by atoms with van der Waals surface area (Å²) >= 11 is 0. The first-order valence-electron chi connectivity index (χ1n) is 11.8. The number of hydrogen-bond donors (Lipinski definition) is 1. The van der Waals surface area contributed by atoms with Crippen molar-refractivity contribution in [3.63, 3.8) is 0 Å². The number of hydrogen-bond acceptors (Lipinski definition) is 6. The van der Waals surface area contributed by atoms with Gasteiger partial charge in [-0.05, 0) is 79.7 Å². The van der Waals surface area contributed by atoms with E-state index in [9.17, 15) is 19.2 Å². The summed E-state index contributed by atoms with van der Waals surface area (Å²) in [4.78, 5) is 51.5. The Kier molecular flexibility index (Phi) is 6.69. The lowest BCUT2D eigenvalue weighted by molar-refractivity contribution is -0.123. The zero-order valence-electron chi connectivity index (χ0n) is 20.3. The fourth-order valence-corrected chi connectivity index (χ4v) is 3.93. The van der Waals surface area contributed by atoms with Gasteiger partial charge >= 0.3 is 5.97 Å². The minimum absolute atomic E-state index is 0.174. The van der Waals surface area contributed by atoms with Crippen LogP contribution in [-0.2, 0) is 9.53 Å². The molecule has 3 amide bonds. The molecule has 1 aliphatic heterocycles. The molecule has 4 aromatic rings. The zero-order chi connectivity index (χ0) is 26.6. The number of nitrogens with zero attached hydrogens (tertiary/aromatic N) is 1. The van der Waals surface area contributed by atoms with Crippen LogP contribution in [0.15, 0.2) is 103 Å². The standard InChI is InChI=1S/C30H22N2O6/c1-19(27(33)31-21-13-17-24(18-14-21)38-23-7-3-2-4-8-23)37-30(36)20-11-15-22(16-12-20)32-28(34)25-9-5-6-10-26(25)29(32)35/h2-19H,1H3,(H,31,33). The fourth-order valence-electron chi connectivity index (χ4n) is 3.93. The summed E-state index contributed by atoms with van der Waals surface area (Å²) in [5.41, 5.74) is 1.69. The smallest absolute Gasteiger partial charge is 0.338 e. The summed E-state index contributed by atoms with van der Waals surface area (Å²) in [5.74, 6) is -0.762. The first-order valence-corrected chi connectivity index (χ1v) is 11.8. The Balaban J connectivity index is 1.17. The third-order valence-corrected chi connectivity index (χ3v) is 5.91. The molecule has 1 N–H and O–H groups in total. The molecule has 0 bridgehead atoms. The Bertz CT molecular complexity index is 1480. The molecule has 1 heterocycles. The van der Waals surface area contributed by atoms with E-state index in [1.807, 2.05) is 30.3 Å². The molecule has 8 heteroatoms. The van der Waals surface area contributed by atoms with Crippen LogP contribution in [0.2, 0.25) is 0 Å². The van der Waals surface area contributed by atoms with Gasteiger partial charge in [0.05, 0.1) is 22.4 Å². The monoisotopic (exact) mass is 506 g/mol. The number of anilines is 2. The molecule has 0 radical (unpaired) electrons. The number of benzene rings is 4. The van der Waals surface area contributed by atoms with Gasteiger partial charge in [-0.1, -0.05) is 30.3 Å². The number of nitrogens with one attached hydrogen (secondary N) is 1. The topological polar surface area (TPSA) is 102 Å². The molecular formula is C30H22N2O6. The van der Waals surface area contributed by atoms with Crippen LogP contribution in [0, 0.1) is 0 Å². The van der Waals surface area contributed by atoms with Crippen molar-refractivity contribution in [1.29, 1.82) is 0 Å². The molecule has 0 saturated carbocycles. The number of ether oxygens (including phenoxy) is 2. The molecule has 0 fully saturated rings. The summed E-state index contributed by atoms with van der Waals surface area (Å²) in [6.45, 7) is 1.47. The Morgan fingerprint density at radius 2 is 1.26 bits per heavy atom. The van der Waals surface area contributed by atoms with Gasteiger partial charge in [0, 0.05) is 5.69 Å². The molecule has 0 aromatic heterocycles. The average Bonchev–Trinajstić information content (AvgIpc) is 3.20. The number of rotatable bonds is 7. The van der Waals surface area contributed by atoms with E-state index in [2.05, 4.69) is 5.32 Å². The summed E-state index contributed by atoms with van der Waals surface area (Å²) in [5, 5.41) is 2.70. The quantitative estimate of drug-likeness (QED) is 0.264. The van der Waals surface area contributed by atoms with Crippen molar-refractivity contribution in [2.75, 3.05) is 10.2 Å². The van der Waals surface area contributed by atoms with Crippen molar-refractivity contribution in [1.82, 2.24) is 0 Å². The van der Waals surface area contributed by atoms with Gasteiger partial charge in [0.15, 0.2) is 6.10 Å². The van der Waals surface area contributed by atoms with Gasteiger partial charge in [-0.25, -0.2) is 9.69 Å². The maximum atomic E-state index is 12.7. The summed E-state index contributed by atoms with van der Waals surface area (Å²) in [6.07, 6.45) is -1.07. The maximum absolute atomic E-state index is 12.7. The first-order chi connectivity index (χ1) is 18.4. The molecule has 1 aliphatic rings. The number of imide groups is 1. The number of carbonyl (C=O) groups is 4. The van der Waals surface area contributed by atoms with E-state index in [1.54, 1.807) is 48.5 Å². The fraction of sp³-hybridized carbons (Fsp3) is 0.0667. The molecule has 1 atom stereocenters. The van der Waals surface area contributed by atoms with Gasteiger partial charge in [0.1, 0.15) is 11.5 Å². The zero-order valence-corrected chi connectivity index (χ0v) is 20.3. The van der Waals surface area contributed by atoms with Crippen LogP contribution in [0.3, 0.4) is 0 Å². The molecule has 4 aromatic carbocycles. The molecule has 1 unspecified atom stereocenters. The van der Waals surface area contributed by atoms with Crippen molar-refractivity contribution in [2.45, 2.75) is 13.0 Å². The highest BCUT2D eigenvalue weighted by atomic mass is 16.5. The lowest BCUT2D eigenvalue weighted by Gasteiger charge is -2.16. The van der Waals surface area contributed by atoms with Crippen molar-refractivity contribution >= 4 is 35.1 Å². The molecule has 0 spiro atoms. The predicted molar refractivity (Wildman–Crippen MR) is 140 cm³/mol. The third kappa shape index (κ3) is 5.01. The lowest BCUT2D eigenvalue weighted by Crippen LogP contribution is -2.30. The Morgan fingerprint density at radius 1 is 0.711 bits per heavy atom. The van der Waals surface area contributed by atoms with Crippen LogP contribution in [0.1, 0.15) is 38.0 Å². The predicted octanol–water partition coefficient (Wildman–Crippen LogP) is 5.46. The highest BCUT2D eigenvalue weighted by Crippen LogP contribution is 2.28. The second-order valence-corrected chi connectivity index (χ2v) is 8.51. The van der Waals surface area contributed by atoms with E-state index in [1.165, 1.54) is 31.2 Å². The van der Waals surface area contributed by atoms with Gasteiger partial charge in [0.25, 0.3) is 17.7 Å². The van der Waals surface area contributed by atoms with E-state index in [-0.39, 0.29) is 5.56 Å². The molecule has 38 heavy (non-hydrogen) atoms. The van der Waals surface area contributed by atoms with E-state index < -0.39 is 29.8 Å². The number of fused-ring (bicyclic) bond motifs is 1. The second-order valence-electron chi connectivity index (χ2n) is 8.51. The van der Waals surface area contributed by atoms with E-state index in [0.29, 0.717) is 34.0 Å². The minimum atomic E-state index is -1.07. The summed E-state index contributed by atoms with van der Waals surface area (Å²) in [7, 11) is 0. The van der Waals surface area contributed by atoms with E-state index in [0.717, 1.165) is 4.90 Å². The molecule has 8 nitrogen and oxygen atoms in total. The average molecular weight is 507 g/mol. The minimum Gasteiger partial charge on any atom is -0.457 e. The van der Waals surface area contributed by atoms with Crippen LogP contribution in [-0.4, -0.2) is 29.8 Å². The number of esters is 1. The Labute approximate surface area is 218 Å². The lowest BCUT2D eigenvalue weighted by atomic mass is 10.1. The molecule has 0 aliphatic carbocycles. The Hall–Kier alpha value is -5.24. The van der Waals surface area contributed by atoms with Gasteiger partial charge in [-0.2, -0.15) is 0 Å². The van der Waals surface area contributed by atoms with Gasteiger partial charge in [-0.15, -0.1) is 0 Å². The Morgan fingerprint density at radius 3 is 1.87 bits per heavy atom. The first kappa shape index (κ1) is 24.5. The molecular weight excluding hydrogens is 484 g/mol. The molecule has 188 valence electrons. The van der Waals surface area contributed by atoms with Crippen molar-refractivity contribution in [3.05, 3.63) is 120 Å². The van der Waals surface area contributed by atoms with Crippen molar-refractivity contribution in [2.24, 2.45) is 0 Å². The number of carbonyl (C=O) groups excluding carboxylic acids is 4. The maximum Gasteiger partial charge on any atom is 0.338 e. The highest BCUT2D eigenvalue weighted by molar-refractivity contribution is 6.34. The summed E-state index contributed by atoms with van der Waals surface area (Å²) < 4.78 is 11.0. The third-order valence-electron chi connectivity index (χ3n) is 5.91. The van der Waals surface area contributed by atoms with Gasteiger partial charge < -0.3 is 14.8 Å². The highest BCUT2D eigenvalue weighted by Gasteiger charge is 2.36. The van der Waals surface area contributed by atoms with Crippen LogP contribution in [0.5, 0.6) is 11.5 Å². The normalized spacial score (nSPS) is 13.0. The van der Waals surface area contributed by atoms with Crippen LogP contribution in [0.4, 0.5) is 11.4 Å². The number of amides is 3. The van der Waals surface area contributed by atoms with Crippen molar-refractivity contribution in [3.8, 4) is 11.5 Å². The van der Waals surface area contributed by atoms with Gasteiger partial charge in [-0.3, -0.25) is 14.4 Å². The van der Waals surface area contributed by atoms with Crippen LogP contribution < -0.4 is 15.0 Å². The number of para-hydroxylation sites is 1. The van der Waals surface area contributed by atoms with Crippen molar-refractivity contribution < 1.29 is 28.7 Å². The van der Waals surface area contributed by atoms with E-state index in [4.69, 9.17) is 9.47 Å². The second kappa shape index (κ2) is 10.4. The molecule has 5 rings (SSSR count).